The number of aliphatic imine (C=N–C) groups is 1. The van der Waals surface area contributed by atoms with Gasteiger partial charge in [0.2, 0.25) is 12.2 Å². The predicted molar refractivity (Wildman–Crippen MR) is 95.7 cm³/mol. The molecule has 2 aliphatic rings. The van der Waals surface area contributed by atoms with Crippen molar-refractivity contribution in [2.24, 2.45) is 10.1 Å². The Morgan fingerprint density at radius 3 is 3.04 bits per heavy atom. The monoisotopic (exact) mass is 369 g/mol. The lowest BCUT2D eigenvalue weighted by Gasteiger charge is -2.26. The molecule has 9 heteroatoms. The van der Waals surface area contributed by atoms with Gasteiger partial charge in [-0.1, -0.05) is 18.5 Å². The van der Waals surface area contributed by atoms with E-state index in [4.69, 9.17) is 14.7 Å². The van der Waals surface area contributed by atoms with Gasteiger partial charge in [0.15, 0.2) is 0 Å². The normalized spacial score (nSPS) is 24.6. The molecule has 25 heavy (non-hydrogen) atoms. The lowest BCUT2D eigenvalue weighted by atomic mass is 10.1. The van der Waals surface area contributed by atoms with E-state index in [1.54, 1.807) is 13.0 Å². The quantitative estimate of drug-likeness (QED) is 0.355. The molecule has 0 saturated carbocycles. The van der Waals surface area contributed by atoms with Crippen LogP contribution in [0.25, 0.3) is 0 Å². The van der Waals surface area contributed by atoms with Crippen LogP contribution in [-0.2, 0) is 14.3 Å². The van der Waals surface area contributed by atoms with Crippen LogP contribution in [0.5, 0.6) is 0 Å². The van der Waals surface area contributed by atoms with E-state index >= 15 is 0 Å². The van der Waals surface area contributed by atoms with E-state index < -0.39 is 12.3 Å². The average molecular weight is 369 g/mol. The molecule has 3 N–H and O–H groups in total. The molecule has 2 rings (SSSR count). The second-order valence-corrected chi connectivity index (χ2v) is 6.63. The van der Waals surface area contributed by atoms with Gasteiger partial charge in [-0.15, -0.1) is 11.8 Å². The average Bonchev–Trinajstić information content (AvgIpc) is 3.10. The lowest BCUT2D eigenvalue weighted by Crippen LogP contribution is -2.43. The van der Waals surface area contributed by atoms with Gasteiger partial charge in [-0.25, -0.2) is 0 Å². The van der Waals surface area contributed by atoms with Crippen molar-refractivity contribution in [3.05, 3.63) is 23.7 Å². The summed E-state index contributed by atoms with van der Waals surface area (Å²) in [4.78, 5) is 16.8. The molecule has 2 unspecified atom stereocenters. The summed E-state index contributed by atoms with van der Waals surface area (Å²) < 4.78 is 10.6. The van der Waals surface area contributed by atoms with E-state index in [0.717, 1.165) is 6.42 Å². The maximum Gasteiger partial charge on any atom is 0.246 e. The molecule has 0 bridgehead atoms. The summed E-state index contributed by atoms with van der Waals surface area (Å²) in [5.41, 5.74) is 0.390. The number of oxime groups is 1. The Labute approximate surface area is 150 Å². The number of ether oxygens (including phenoxy) is 2. The number of carbonyl (C=O) groups excluding carboxylic acids is 1. The van der Waals surface area contributed by atoms with Crippen molar-refractivity contribution in [2.45, 2.75) is 45.1 Å². The number of carbonyl (C=O) groups is 1. The summed E-state index contributed by atoms with van der Waals surface area (Å²) in [5, 5.41) is 25.2. The van der Waals surface area contributed by atoms with Gasteiger partial charge < -0.3 is 25.1 Å². The fourth-order valence-corrected chi connectivity index (χ4v) is 3.43. The molecule has 138 valence electrons. The first-order valence-electron chi connectivity index (χ1n) is 8.00. The van der Waals surface area contributed by atoms with Crippen LogP contribution in [0.1, 0.15) is 26.7 Å². The topological polar surface area (TPSA) is 113 Å². The zero-order valence-corrected chi connectivity index (χ0v) is 15.2. The van der Waals surface area contributed by atoms with Crippen LogP contribution < -0.4 is 5.32 Å². The summed E-state index contributed by atoms with van der Waals surface area (Å²) >= 11 is 1.38. The van der Waals surface area contributed by atoms with Gasteiger partial charge in [0.25, 0.3) is 0 Å². The molecule has 8 nitrogen and oxygen atoms in total. The number of nitrogens with one attached hydrogen (secondary N) is 1. The first-order valence-corrected chi connectivity index (χ1v) is 8.99. The molecule has 0 aromatic carbocycles. The highest BCUT2D eigenvalue weighted by Gasteiger charge is 2.30. The minimum absolute atomic E-state index is 0.237. The van der Waals surface area contributed by atoms with Crippen molar-refractivity contribution in [3.8, 4) is 0 Å². The number of thioether (sulfide) groups is 1. The van der Waals surface area contributed by atoms with Gasteiger partial charge in [-0.3, -0.25) is 9.79 Å². The van der Waals surface area contributed by atoms with E-state index in [-0.39, 0.29) is 11.9 Å². The number of aliphatic hydroxyl groups excluding tert-OH is 1. The van der Waals surface area contributed by atoms with Crippen LogP contribution in [0.4, 0.5) is 0 Å². The molecular weight excluding hydrogens is 346 g/mol. The van der Waals surface area contributed by atoms with Crippen molar-refractivity contribution in [3.63, 3.8) is 0 Å². The molecule has 1 amide bonds. The molecule has 0 spiro atoms. The van der Waals surface area contributed by atoms with E-state index in [1.807, 2.05) is 6.92 Å². The van der Waals surface area contributed by atoms with Gasteiger partial charge in [-0.05, 0) is 13.3 Å². The first-order chi connectivity index (χ1) is 12.0. The highest BCUT2D eigenvalue weighted by atomic mass is 32.2. The highest BCUT2D eigenvalue weighted by molar-refractivity contribution is 8.16. The van der Waals surface area contributed by atoms with Crippen LogP contribution in [-0.4, -0.2) is 58.2 Å². The van der Waals surface area contributed by atoms with Crippen molar-refractivity contribution >= 4 is 28.4 Å². The van der Waals surface area contributed by atoms with Gasteiger partial charge >= 0.3 is 0 Å². The van der Waals surface area contributed by atoms with E-state index in [0.29, 0.717) is 34.4 Å². The second kappa shape index (κ2) is 8.91. The number of nitrogens with zero attached hydrogens (tertiary/aromatic N) is 2. The van der Waals surface area contributed by atoms with Gasteiger partial charge in [-0.2, -0.15) is 0 Å². The summed E-state index contributed by atoms with van der Waals surface area (Å²) in [6.45, 7) is 3.63. The summed E-state index contributed by atoms with van der Waals surface area (Å²) in [5.74, 6) is 1.18. The molecule has 3 atom stereocenters. The maximum absolute atomic E-state index is 12.5. The third kappa shape index (κ3) is 4.99. The van der Waals surface area contributed by atoms with Crippen LogP contribution >= 0.6 is 11.8 Å². The molecule has 0 radical (unpaired) electrons. The predicted octanol–water partition coefficient (Wildman–Crippen LogP) is 1.40. The third-order valence-corrected chi connectivity index (χ3v) is 4.89. The SMILES string of the molecule is CCC[C@@H](NC(=O)C1CSC(/C(C)=N/O)=N1)C1=CC(OC)=CC(O)O1. The summed E-state index contributed by atoms with van der Waals surface area (Å²) in [6.07, 6.45) is 3.46. The van der Waals surface area contributed by atoms with Gasteiger partial charge in [0.05, 0.1) is 13.2 Å². The number of methoxy groups -OCH3 is 1. The van der Waals surface area contributed by atoms with Crippen LogP contribution in [0.2, 0.25) is 0 Å². The minimum atomic E-state index is -1.11. The molecule has 0 fully saturated rings. The number of hydrogen-bond donors (Lipinski definition) is 3. The highest BCUT2D eigenvalue weighted by Crippen LogP contribution is 2.23. The van der Waals surface area contributed by atoms with Crippen LogP contribution in [0.15, 0.2) is 33.8 Å². The smallest absolute Gasteiger partial charge is 0.246 e. The molecule has 0 aromatic rings. The fourth-order valence-electron chi connectivity index (χ4n) is 2.44. The lowest BCUT2D eigenvalue weighted by molar-refractivity contribution is -0.123. The molecule has 0 aliphatic carbocycles. The first kappa shape index (κ1) is 19.3. The van der Waals surface area contributed by atoms with Gasteiger partial charge in [0, 0.05) is 17.9 Å². The molecular formula is C16H23N3O5S. The summed E-state index contributed by atoms with van der Waals surface area (Å²) in [6, 6.07) is -0.939. The molecule has 2 aliphatic heterocycles. The Morgan fingerprint density at radius 1 is 1.64 bits per heavy atom. The number of rotatable bonds is 7. The van der Waals surface area contributed by atoms with Crippen molar-refractivity contribution < 1.29 is 24.6 Å². The standard InChI is InChI=1S/C16H23N3O5S/c1-4-5-11(13-6-10(23-3)7-14(20)24-13)17-15(21)12-8-25-16(18-12)9(2)19-22/h6-7,11-12,14,20,22H,4-5,8H2,1-3H3,(H,17,21)/b19-9+/t11-,12?,14?/m1/s1. The van der Waals surface area contributed by atoms with Crippen molar-refractivity contribution in [2.75, 3.05) is 12.9 Å². The van der Waals surface area contributed by atoms with E-state index in [9.17, 15) is 9.90 Å². The minimum Gasteiger partial charge on any atom is -0.497 e. The Kier molecular flexibility index (Phi) is 6.89. The van der Waals surface area contributed by atoms with Crippen molar-refractivity contribution in [1.29, 1.82) is 0 Å². The fraction of sp³-hybridized carbons (Fsp3) is 0.562. The number of aliphatic hydroxyl groups is 1. The second-order valence-electron chi connectivity index (χ2n) is 5.62. The zero-order chi connectivity index (χ0) is 18.4. The Hall–Kier alpha value is -2.00. The van der Waals surface area contributed by atoms with E-state index in [2.05, 4.69) is 15.5 Å². The third-order valence-electron chi connectivity index (χ3n) is 3.73. The summed E-state index contributed by atoms with van der Waals surface area (Å²) in [7, 11) is 1.50. The number of allylic oxidation sites excluding steroid dienone is 1. The molecule has 0 aromatic heterocycles. The number of hydrogen-bond acceptors (Lipinski definition) is 8. The number of amides is 1. The van der Waals surface area contributed by atoms with Crippen molar-refractivity contribution in [1.82, 2.24) is 5.32 Å². The Bertz CT molecular complexity index is 629. The maximum atomic E-state index is 12.5. The zero-order valence-electron chi connectivity index (χ0n) is 14.4. The Balaban J connectivity index is 2.09. The van der Waals surface area contributed by atoms with Gasteiger partial charge in [0.1, 0.15) is 28.3 Å². The molecule has 0 saturated heterocycles. The Morgan fingerprint density at radius 2 is 2.40 bits per heavy atom. The van der Waals surface area contributed by atoms with E-state index in [1.165, 1.54) is 24.9 Å². The molecule has 2 heterocycles. The largest absolute Gasteiger partial charge is 0.497 e. The van der Waals surface area contributed by atoms with Crippen LogP contribution in [0, 0.1) is 0 Å². The van der Waals surface area contributed by atoms with Crippen LogP contribution in [0.3, 0.4) is 0 Å².